The van der Waals surface area contributed by atoms with Crippen molar-refractivity contribution in [3.63, 3.8) is 0 Å². The molecule has 0 aromatic carbocycles. The molecule has 5 heteroatoms. The average Bonchev–Trinajstić information content (AvgIpc) is 2.04. The number of hydrogen-bond donors (Lipinski definition) is 1. The Bertz CT molecular complexity index is 327. The molecule has 0 bridgehead atoms. The van der Waals surface area contributed by atoms with Gasteiger partial charge in [-0.1, -0.05) is 0 Å². The van der Waals surface area contributed by atoms with Gasteiger partial charge in [-0.3, -0.25) is 0 Å². The molecule has 0 aliphatic carbocycles. The van der Waals surface area contributed by atoms with Crippen LogP contribution >= 0.6 is 0 Å². The lowest BCUT2D eigenvalue weighted by molar-refractivity contribution is 0.0691. The molecule has 0 unspecified atom stereocenters. The van der Waals surface area contributed by atoms with Gasteiger partial charge in [0.05, 0.1) is 6.61 Å². The first kappa shape index (κ1) is 9.44. The number of halogens is 1. The van der Waals surface area contributed by atoms with Crippen molar-refractivity contribution in [3.05, 3.63) is 23.6 Å². The van der Waals surface area contributed by atoms with Gasteiger partial charge in [-0.2, -0.15) is 0 Å². The summed E-state index contributed by atoms with van der Waals surface area (Å²) in [5, 5.41) is 8.47. The van der Waals surface area contributed by atoms with Gasteiger partial charge in [0.2, 0.25) is 5.88 Å². The summed E-state index contributed by atoms with van der Waals surface area (Å²) >= 11 is 0. The third-order valence-corrected chi connectivity index (χ3v) is 1.35. The highest BCUT2D eigenvalue weighted by atomic mass is 19.1. The lowest BCUT2D eigenvalue weighted by Crippen LogP contribution is -2.03. The molecule has 1 rings (SSSR count). The summed E-state index contributed by atoms with van der Waals surface area (Å²) in [7, 11) is 0. The Morgan fingerprint density at radius 2 is 2.46 bits per heavy atom. The molecule has 0 fully saturated rings. The maximum atomic E-state index is 12.9. The number of carbonyl (C=O) groups is 1. The second-order valence-electron chi connectivity index (χ2n) is 2.24. The fourth-order valence-electron chi connectivity index (χ4n) is 0.797. The maximum absolute atomic E-state index is 12.9. The number of carboxylic acid groups (broad SMARTS) is 1. The van der Waals surface area contributed by atoms with Crippen LogP contribution in [0, 0.1) is 5.82 Å². The SMILES string of the molecule is CCOc1cc(F)c(C(=O)O)cn1. The first-order valence-corrected chi connectivity index (χ1v) is 3.66. The molecule has 70 valence electrons. The van der Waals surface area contributed by atoms with Crippen molar-refractivity contribution < 1.29 is 19.0 Å². The Kier molecular flexibility index (Phi) is 2.79. The summed E-state index contributed by atoms with van der Waals surface area (Å²) in [6, 6.07) is 0.951. The third-order valence-electron chi connectivity index (χ3n) is 1.35. The highest BCUT2D eigenvalue weighted by Gasteiger charge is 2.11. The molecule has 4 nitrogen and oxygen atoms in total. The van der Waals surface area contributed by atoms with Gasteiger partial charge in [0.25, 0.3) is 0 Å². The molecule has 13 heavy (non-hydrogen) atoms. The molecule has 1 aromatic heterocycles. The Labute approximate surface area is 74.0 Å². The van der Waals surface area contributed by atoms with Crippen molar-refractivity contribution in [1.29, 1.82) is 0 Å². The quantitative estimate of drug-likeness (QED) is 0.771. The van der Waals surface area contributed by atoms with Gasteiger partial charge < -0.3 is 9.84 Å². The Morgan fingerprint density at radius 3 is 2.92 bits per heavy atom. The smallest absolute Gasteiger partial charge is 0.340 e. The lowest BCUT2D eigenvalue weighted by atomic mass is 10.3. The zero-order valence-electron chi connectivity index (χ0n) is 6.95. The molecular formula is C8H8FNO3. The van der Waals surface area contributed by atoms with E-state index in [1.807, 2.05) is 0 Å². The summed E-state index contributed by atoms with van der Waals surface area (Å²) in [6.45, 7) is 2.09. The Morgan fingerprint density at radius 1 is 1.77 bits per heavy atom. The minimum Gasteiger partial charge on any atom is -0.478 e. The summed E-state index contributed by atoms with van der Waals surface area (Å²) in [6.07, 6.45) is 0.933. The van der Waals surface area contributed by atoms with E-state index in [-0.39, 0.29) is 5.88 Å². The van der Waals surface area contributed by atoms with Crippen molar-refractivity contribution in [1.82, 2.24) is 4.98 Å². The molecular weight excluding hydrogens is 177 g/mol. The lowest BCUT2D eigenvalue weighted by Gasteiger charge is -2.02. The van der Waals surface area contributed by atoms with E-state index in [0.29, 0.717) is 6.61 Å². The number of rotatable bonds is 3. The molecule has 0 aliphatic rings. The standard InChI is InChI=1S/C8H8FNO3/c1-2-13-7-3-6(9)5(4-10-7)8(11)12/h3-4H,2H2,1H3,(H,11,12). The van der Waals surface area contributed by atoms with Gasteiger partial charge in [0.15, 0.2) is 0 Å². The highest BCUT2D eigenvalue weighted by molar-refractivity contribution is 5.87. The van der Waals surface area contributed by atoms with Crippen molar-refractivity contribution in [2.24, 2.45) is 0 Å². The van der Waals surface area contributed by atoms with Crippen LogP contribution < -0.4 is 4.74 Å². The van der Waals surface area contributed by atoms with Gasteiger partial charge in [0.1, 0.15) is 11.4 Å². The normalized spacial score (nSPS) is 9.69. The van der Waals surface area contributed by atoms with Gasteiger partial charge in [-0.05, 0) is 6.92 Å². The number of ether oxygens (including phenoxy) is 1. The highest BCUT2D eigenvalue weighted by Crippen LogP contribution is 2.12. The molecule has 0 amide bonds. The zero-order chi connectivity index (χ0) is 9.84. The van der Waals surface area contributed by atoms with Crippen molar-refractivity contribution in [3.8, 4) is 5.88 Å². The van der Waals surface area contributed by atoms with Gasteiger partial charge >= 0.3 is 5.97 Å². The summed E-state index contributed by atoms with van der Waals surface area (Å²) in [5.74, 6) is -2.09. The van der Waals surface area contributed by atoms with Crippen LogP contribution in [-0.4, -0.2) is 22.7 Å². The maximum Gasteiger partial charge on any atom is 0.340 e. The Hall–Kier alpha value is -1.65. The van der Waals surface area contributed by atoms with Crippen LogP contribution in [0.1, 0.15) is 17.3 Å². The van der Waals surface area contributed by atoms with E-state index in [9.17, 15) is 9.18 Å². The van der Waals surface area contributed by atoms with Gasteiger partial charge in [0, 0.05) is 12.3 Å². The molecule has 0 radical (unpaired) electrons. The van der Waals surface area contributed by atoms with E-state index < -0.39 is 17.3 Å². The summed E-state index contributed by atoms with van der Waals surface area (Å²) in [5.41, 5.74) is -0.455. The minimum atomic E-state index is -1.34. The molecule has 1 aromatic rings. The molecule has 0 aliphatic heterocycles. The van der Waals surface area contributed by atoms with Crippen LogP contribution in [0.25, 0.3) is 0 Å². The second-order valence-corrected chi connectivity index (χ2v) is 2.24. The van der Waals surface area contributed by atoms with Crippen LogP contribution in [0.5, 0.6) is 5.88 Å². The minimum absolute atomic E-state index is 0.0880. The number of carboxylic acids is 1. The predicted octanol–water partition coefficient (Wildman–Crippen LogP) is 1.32. The molecule has 0 spiro atoms. The van der Waals surface area contributed by atoms with Gasteiger partial charge in [-0.15, -0.1) is 0 Å². The number of hydrogen-bond acceptors (Lipinski definition) is 3. The average molecular weight is 185 g/mol. The van der Waals surface area contributed by atoms with Crippen molar-refractivity contribution in [2.75, 3.05) is 6.61 Å². The monoisotopic (exact) mass is 185 g/mol. The van der Waals surface area contributed by atoms with Crippen LogP contribution in [0.4, 0.5) is 4.39 Å². The summed E-state index contributed by atoms with van der Waals surface area (Å²) in [4.78, 5) is 14.0. The zero-order valence-corrected chi connectivity index (χ0v) is 6.95. The fourth-order valence-corrected chi connectivity index (χ4v) is 0.797. The van der Waals surface area contributed by atoms with E-state index in [4.69, 9.17) is 9.84 Å². The fraction of sp³-hybridized carbons (Fsp3) is 0.250. The molecule has 0 atom stereocenters. The second kappa shape index (κ2) is 3.84. The van der Waals surface area contributed by atoms with Crippen LogP contribution in [0.3, 0.4) is 0 Å². The van der Waals surface area contributed by atoms with E-state index in [0.717, 1.165) is 12.3 Å². The summed E-state index contributed by atoms with van der Waals surface area (Å²) < 4.78 is 17.8. The first-order chi connectivity index (χ1) is 6.15. The number of nitrogens with zero attached hydrogens (tertiary/aromatic N) is 1. The number of aromatic carboxylic acids is 1. The number of pyridine rings is 1. The predicted molar refractivity (Wildman–Crippen MR) is 42.3 cm³/mol. The van der Waals surface area contributed by atoms with Gasteiger partial charge in [-0.25, -0.2) is 14.2 Å². The van der Waals surface area contributed by atoms with E-state index in [1.54, 1.807) is 6.92 Å². The first-order valence-electron chi connectivity index (χ1n) is 3.66. The van der Waals surface area contributed by atoms with Crippen molar-refractivity contribution >= 4 is 5.97 Å². The molecule has 0 saturated carbocycles. The van der Waals surface area contributed by atoms with Crippen molar-refractivity contribution in [2.45, 2.75) is 6.92 Å². The van der Waals surface area contributed by atoms with E-state index in [1.165, 1.54) is 0 Å². The van der Waals surface area contributed by atoms with E-state index in [2.05, 4.69) is 4.98 Å². The Balaban J connectivity index is 2.98. The molecule has 0 saturated heterocycles. The largest absolute Gasteiger partial charge is 0.478 e. The van der Waals surface area contributed by atoms with Crippen LogP contribution in [0.15, 0.2) is 12.3 Å². The molecule has 1 heterocycles. The van der Waals surface area contributed by atoms with E-state index >= 15 is 0 Å². The molecule has 1 N–H and O–H groups in total. The van der Waals surface area contributed by atoms with Crippen LogP contribution in [-0.2, 0) is 0 Å². The van der Waals surface area contributed by atoms with Crippen LogP contribution in [0.2, 0.25) is 0 Å². The topological polar surface area (TPSA) is 59.4 Å². The third kappa shape index (κ3) is 2.14. The number of aromatic nitrogens is 1.